The second kappa shape index (κ2) is 5.78. The highest BCUT2D eigenvalue weighted by Gasteiger charge is 2.28. The highest BCUT2D eigenvalue weighted by molar-refractivity contribution is 4.78. The lowest BCUT2D eigenvalue weighted by molar-refractivity contribution is 0.142. The molecule has 14 heavy (non-hydrogen) atoms. The van der Waals surface area contributed by atoms with Gasteiger partial charge in [0.05, 0.1) is 0 Å². The lowest BCUT2D eigenvalue weighted by Crippen LogP contribution is -2.27. The van der Waals surface area contributed by atoms with Crippen LogP contribution in [0.15, 0.2) is 0 Å². The predicted molar refractivity (Wildman–Crippen MR) is 66.5 cm³/mol. The van der Waals surface area contributed by atoms with E-state index in [-0.39, 0.29) is 0 Å². The number of hydrogen-bond acceptors (Lipinski definition) is 0. The maximum absolute atomic E-state index is 2.44. The molecule has 0 fully saturated rings. The van der Waals surface area contributed by atoms with E-state index in [4.69, 9.17) is 0 Å². The second-order valence-corrected chi connectivity index (χ2v) is 6.11. The van der Waals surface area contributed by atoms with Gasteiger partial charge in [0.25, 0.3) is 0 Å². The molecule has 0 aromatic rings. The standard InChI is InChI=1S/C14H30/c1-8-11(3)10-12(4)13(9-2)14(5,6)7/h11-13H,8-10H2,1-7H3. The first-order valence-corrected chi connectivity index (χ1v) is 6.32. The smallest absolute Gasteiger partial charge is 0.0342 e. The molecule has 0 nitrogen and oxygen atoms in total. The van der Waals surface area contributed by atoms with Crippen LogP contribution >= 0.6 is 0 Å². The molecule has 3 unspecified atom stereocenters. The highest BCUT2D eigenvalue weighted by Crippen LogP contribution is 2.37. The van der Waals surface area contributed by atoms with Crippen LogP contribution in [0.4, 0.5) is 0 Å². The third-order valence-electron chi connectivity index (χ3n) is 3.71. The van der Waals surface area contributed by atoms with Gasteiger partial charge in [0.15, 0.2) is 0 Å². The minimum absolute atomic E-state index is 0.474. The first-order chi connectivity index (χ1) is 6.32. The van der Waals surface area contributed by atoms with Crippen molar-refractivity contribution < 1.29 is 0 Å². The predicted octanol–water partition coefficient (Wildman–Crippen LogP) is 5.13. The van der Waals surface area contributed by atoms with Crippen LogP contribution in [0, 0.1) is 23.2 Å². The molecule has 0 spiro atoms. The molecule has 0 amide bonds. The Kier molecular flexibility index (Phi) is 5.78. The summed E-state index contributed by atoms with van der Waals surface area (Å²) in [5.74, 6) is 2.63. The lowest BCUT2D eigenvalue weighted by Gasteiger charge is -2.36. The van der Waals surface area contributed by atoms with Crippen LogP contribution in [-0.2, 0) is 0 Å². The summed E-state index contributed by atoms with van der Waals surface area (Å²) in [7, 11) is 0. The summed E-state index contributed by atoms with van der Waals surface area (Å²) in [6.07, 6.45) is 4.04. The molecule has 0 N–H and O–H groups in total. The van der Waals surface area contributed by atoms with E-state index >= 15 is 0 Å². The largest absolute Gasteiger partial charge is 0.0651 e. The first kappa shape index (κ1) is 14.0. The normalized spacial score (nSPS) is 19.1. The van der Waals surface area contributed by atoms with Crippen molar-refractivity contribution in [1.29, 1.82) is 0 Å². The van der Waals surface area contributed by atoms with E-state index in [1.165, 1.54) is 19.3 Å². The molecule has 0 heteroatoms. The summed E-state index contributed by atoms with van der Waals surface area (Å²) in [5, 5.41) is 0. The van der Waals surface area contributed by atoms with Gasteiger partial charge in [-0.25, -0.2) is 0 Å². The Hall–Kier alpha value is 0. The fourth-order valence-electron chi connectivity index (χ4n) is 2.83. The summed E-state index contributed by atoms with van der Waals surface area (Å²) in [4.78, 5) is 0. The summed E-state index contributed by atoms with van der Waals surface area (Å²) in [6.45, 7) is 16.6. The van der Waals surface area contributed by atoms with E-state index in [2.05, 4.69) is 48.5 Å². The van der Waals surface area contributed by atoms with E-state index in [9.17, 15) is 0 Å². The van der Waals surface area contributed by atoms with Gasteiger partial charge in [-0.2, -0.15) is 0 Å². The Balaban J connectivity index is 4.25. The van der Waals surface area contributed by atoms with Crippen molar-refractivity contribution in [2.45, 2.75) is 67.7 Å². The van der Waals surface area contributed by atoms with E-state index in [1.807, 2.05) is 0 Å². The molecule has 0 aromatic heterocycles. The summed E-state index contributed by atoms with van der Waals surface area (Å²) < 4.78 is 0. The number of rotatable bonds is 5. The zero-order valence-corrected chi connectivity index (χ0v) is 11.4. The maximum atomic E-state index is 2.44. The molecule has 0 bridgehead atoms. The molecule has 0 radical (unpaired) electrons. The van der Waals surface area contributed by atoms with E-state index in [1.54, 1.807) is 0 Å². The van der Waals surface area contributed by atoms with Crippen molar-refractivity contribution in [2.24, 2.45) is 23.2 Å². The zero-order chi connectivity index (χ0) is 11.4. The van der Waals surface area contributed by atoms with E-state index < -0.39 is 0 Å². The van der Waals surface area contributed by atoms with E-state index in [0.717, 1.165) is 17.8 Å². The van der Waals surface area contributed by atoms with Crippen LogP contribution in [0.3, 0.4) is 0 Å². The molecule has 3 atom stereocenters. The second-order valence-electron chi connectivity index (χ2n) is 6.11. The third kappa shape index (κ3) is 4.48. The summed E-state index contributed by atoms with van der Waals surface area (Å²) in [5.41, 5.74) is 0.474. The van der Waals surface area contributed by atoms with Crippen molar-refractivity contribution >= 4 is 0 Å². The molecule has 0 saturated heterocycles. The Morgan fingerprint density at radius 1 is 0.929 bits per heavy atom. The molecule has 0 aliphatic carbocycles. The quantitative estimate of drug-likeness (QED) is 0.574. The van der Waals surface area contributed by atoms with Gasteiger partial charge in [0.1, 0.15) is 0 Å². The van der Waals surface area contributed by atoms with Crippen LogP contribution < -0.4 is 0 Å². The summed E-state index contributed by atoms with van der Waals surface area (Å²) in [6, 6.07) is 0. The van der Waals surface area contributed by atoms with Gasteiger partial charge in [-0.1, -0.05) is 61.3 Å². The molecule has 0 heterocycles. The van der Waals surface area contributed by atoms with Crippen molar-refractivity contribution in [3.63, 3.8) is 0 Å². The average Bonchev–Trinajstić information content (AvgIpc) is 2.02. The lowest BCUT2D eigenvalue weighted by atomic mass is 9.70. The van der Waals surface area contributed by atoms with Gasteiger partial charge in [0, 0.05) is 0 Å². The highest BCUT2D eigenvalue weighted by atomic mass is 14.3. The van der Waals surface area contributed by atoms with Crippen LogP contribution in [0.2, 0.25) is 0 Å². The van der Waals surface area contributed by atoms with Crippen molar-refractivity contribution in [1.82, 2.24) is 0 Å². The fourth-order valence-corrected chi connectivity index (χ4v) is 2.83. The summed E-state index contributed by atoms with van der Waals surface area (Å²) >= 11 is 0. The monoisotopic (exact) mass is 198 g/mol. The van der Waals surface area contributed by atoms with Crippen molar-refractivity contribution in [3.8, 4) is 0 Å². The van der Waals surface area contributed by atoms with Crippen molar-refractivity contribution in [2.75, 3.05) is 0 Å². The zero-order valence-electron chi connectivity index (χ0n) is 11.4. The molecule has 0 rings (SSSR count). The Labute approximate surface area is 91.5 Å². The molecule has 86 valence electrons. The van der Waals surface area contributed by atoms with Gasteiger partial charge in [0.2, 0.25) is 0 Å². The number of hydrogen-bond donors (Lipinski definition) is 0. The van der Waals surface area contributed by atoms with Crippen LogP contribution in [-0.4, -0.2) is 0 Å². The van der Waals surface area contributed by atoms with Gasteiger partial charge >= 0.3 is 0 Å². The third-order valence-corrected chi connectivity index (χ3v) is 3.71. The Bertz CT molecular complexity index is 141. The van der Waals surface area contributed by atoms with Crippen LogP contribution in [0.5, 0.6) is 0 Å². The van der Waals surface area contributed by atoms with Gasteiger partial charge in [-0.3, -0.25) is 0 Å². The minimum Gasteiger partial charge on any atom is -0.0651 e. The SMILES string of the molecule is CCC(C)CC(C)C(CC)C(C)(C)C. The minimum atomic E-state index is 0.474. The molecule has 0 aliphatic heterocycles. The molecule has 0 saturated carbocycles. The fraction of sp³-hybridized carbons (Fsp3) is 1.00. The van der Waals surface area contributed by atoms with Crippen LogP contribution in [0.1, 0.15) is 67.7 Å². The van der Waals surface area contributed by atoms with E-state index in [0.29, 0.717) is 5.41 Å². The van der Waals surface area contributed by atoms with Gasteiger partial charge < -0.3 is 0 Å². The molecule has 0 aliphatic rings. The Morgan fingerprint density at radius 3 is 1.71 bits per heavy atom. The van der Waals surface area contributed by atoms with Crippen LogP contribution in [0.25, 0.3) is 0 Å². The Morgan fingerprint density at radius 2 is 1.43 bits per heavy atom. The molecular weight excluding hydrogens is 168 g/mol. The first-order valence-electron chi connectivity index (χ1n) is 6.32. The topological polar surface area (TPSA) is 0 Å². The van der Waals surface area contributed by atoms with Gasteiger partial charge in [-0.05, 0) is 29.6 Å². The van der Waals surface area contributed by atoms with Gasteiger partial charge in [-0.15, -0.1) is 0 Å². The average molecular weight is 198 g/mol. The maximum Gasteiger partial charge on any atom is -0.0342 e. The van der Waals surface area contributed by atoms with Crippen molar-refractivity contribution in [3.05, 3.63) is 0 Å². The molecule has 0 aromatic carbocycles. The molecular formula is C14H30.